The Labute approximate surface area is 116 Å². The van der Waals surface area contributed by atoms with Crippen LogP contribution in [0.4, 0.5) is 5.69 Å². The van der Waals surface area contributed by atoms with Crippen LogP contribution in [0, 0.1) is 13.8 Å². The van der Waals surface area contributed by atoms with Gasteiger partial charge < -0.3 is 9.73 Å². The summed E-state index contributed by atoms with van der Waals surface area (Å²) >= 11 is 6.13. The van der Waals surface area contributed by atoms with Gasteiger partial charge in [0.1, 0.15) is 5.76 Å². The minimum absolute atomic E-state index is 0.190. The van der Waals surface area contributed by atoms with Crippen LogP contribution in [0.2, 0.25) is 5.02 Å². The predicted molar refractivity (Wildman–Crippen MR) is 76.7 cm³/mol. The summed E-state index contributed by atoms with van der Waals surface area (Å²) in [5.74, 6) is 0.849. The van der Waals surface area contributed by atoms with Crippen LogP contribution in [0.3, 0.4) is 0 Å². The molecule has 2 aromatic rings. The molecular formula is C15H14ClNO2. The molecule has 1 aromatic heterocycles. The first kappa shape index (κ1) is 13.4. The Bertz CT molecular complexity index is 629. The lowest BCUT2D eigenvalue weighted by molar-refractivity contribution is 0.102. The molecule has 0 aliphatic rings. The smallest absolute Gasteiger partial charge is 0.222 e. The molecule has 4 heteroatoms. The molecule has 0 aliphatic heterocycles. The maximum absolute atomic E-state index is 11.7. The van der Waals surface area contributed by atoms with Crippen LogP contribution >= 0.6 is 11.6 Å². The van der Waals surface area contributed by atoms with E-state index in [2.05, 4.69) is 5.32 Å². The average Bonchev–Trinajstić information content (AvgIpc) is 2.81. The number of allylic oxidation sites excluding steroid dienone is 1. The summed E-state index contributed by atoms with van der Waals surface area (Å²) in [6, 6.07) is 9.08. The topological polar surface area (TPSA) is 42.2 Å². The Morgan fingerprint density at radius 1 is 1.26 bits per heavy atom. The monoisotopic (exact) mass is 275 g/mol. The van der Waals surface area contributed by atoms with Crippen LogP contribution in [0.5, 0.6) is 0 Å². The largest absolute Gasteiger partial charge is 0.458 e. The summed E-state index contributed by atoms with van der Waals surface area (Å²) in [7, 11) is 0. The summed E-state index contributed by atoms with van der Waals surface area (Å²) < 4.78 is 5.24. The zero-order valence-corrected chi connectivity index (χ0v) is 11.5. The van der Waals surface area contributed by atoms with E-state index in [1.165, 1.54) is 6.08 Å². The first-order valence-corrected chi connectivity index (χ1v) is 6.24. The van der Waals surface area contributed by atoms with Crippen molar-refractivity contribution >= 4 is 23.1 Å². The van der Waals surface area contributed by atoms with E-state index in [1.807, 2.05) is 25.1 Å². The number of furan rings is 1. The number of carbonyl (C=O) groups excluding carboxylic acids is 1. The number of aryl methyl sites for hydroxylation is 2. The highest BCUT2D eigenvalue weighted by Gasteiger charge is 2.06. The second-order valence-electron chi connectivity index (χ2n) is 4.19. The number of carbonyl (C=O) groups is 1. The van der Waals surface area contributed by atoms with Crippen LogP contribution < -0.4 is 5.32 Å². The lowest BCUT2D eigenvalue weighted by Crippen LogP contribution is -1.95. The molecule has 19 heavy (non-hydrogen) atoms. The van der Waals surface area contributed by atoms with Crippen LogP contribution in [-0.2, 0) is 0 Å². The van der Waals surface area contributed by atoms with Gasteiger partial charge in [-0.05, 0) is 37.6 Å². The highest BCUT2D eigenvalue weighted by molar-refractivity contribution is 6.34. The Morgan fingerprint density at radius 2 is 2.05 bits per heavy atom. The van der Waals surface area contributed by atoms with Crippen molar-refractivity contribution in [3.8, 4) is 0 Å². The lowest BCUT2D eigenvalue weighted by atomic mass is 10.2. The standard InChI is InChI=1S/C15H14ClNO2/c1-10-4-3-5-12(15(10)16)17-9-8-13(18)14-7-6-11(2)19-14/h3-9,17H,1-2H3/b9-8+. The SMILES string of the molecule is Cc1ccc(C(=O)/C=C/Nc2cccc(C)c2Cl)o1. The second kappa shape index (κ2) is 5.76. The van der Waals surface area contributed by atoms with Gasteiger partial charge in [0, 0.05) is 12.3 Å². The number of hydrogen-bond acceptors (Lipinski definition) is 3. The fourth-order valence-corrected chi connectivity index (χ4v) is 1.80. The number of anilines is 1. The molecule has 0 amide bonds. The minimum atomic E-state index is -0.190. The van der Waals surface area contributed by atoms with Crippen molar-refractivity contribution in [3.05, 3.63) is 64.7 Å². The molecule has 1 N–H and O–H groups in total. The molecule has 0 atom stereocenters. The zero-order valence-electron chi connectivity index (χ0n) is 10.7. The molecule has 0 radical (unpaired) electrons. The molecular weight excluding hydrogens is 262 g/mol. The molecule has 0 fully saturated rings. The van der Waals surface area contributed by atoms with Gasteiger partial charge in [0.15, 0.2) is 5.76 Å². The molecule has 0 aliphatic carbocycles. The number of rotatable bonds is 4. The van der Waals surface area contributed by atoms with E-state index < -0.39 is 0 Å². The van der Waals surface area contributed by atoms with E-state index in [-0.39, 0.29) is 5.78 Å². The van der Waals surface area contributed by atoms with Crippen LogP contribution in [0.15, 0.2) is 47.0 Å². The van der Waals surface area contributed by atoms with Crippen molar-refractivity contribution < 1.29 is 9.21 Å². The van der Waals surface area contributed by atoms with E-state index in [1.54, 1.807) is 25.3 Å². The molecule has 0 spiro atoms. The van der Waals surface area contributed by atoms with Crippen molar-refractivity contribution in [2.24, 2.45) is 0 Å². The predicted octanol–water partition coefficient (Wildman–Crippen LogP) is 4.36. The highest BCUT2D eigenvalue weighted by atomic mass is 35.5. The zero-order chi connectivity index (χ0) is 13.8. The first-order chi connectivity index (χ1) is 9.08. The van der Waals surface area contributed by atoms with Gasteiger partial charge in [0.25, 0.3) is 0 Å². The molecule has 0 unspecified atom stereocenters. The van der Waals surface area contributed by atoms with Crippen molar-refractivity contribution in [3.63, 3.8) is 0 Å². The fourth-order valence-electron chi connectivity index (χ4n) is 1.62. The lowest BCUT2D eigenvalue weighted by Gasteiger charge is -2.05. The summed E-state index contributed by atoms with van der Waals surface area (Å²) in [5, 5.41) is 3.63. The van der Waals surface area contributed by atoms with Crippen molar-refractivity contribution in [2.75, 3.05) is 5.32 Å². The Kier molecular flexibility index (Phi) is 4.07. The van der Waals surface area contributed by atoms with Crippen LogP contribution in [0.1, 0.15) is 21.9 Å². The van der Waals surface area contributed by atoms with E-state index >= 15 is 0 Å². The first-order valence-electron chi connectivity index (χ1n) is 5.87. The third-order valence-corrected chi connectivity index (χ3v) is 3.15. The number of hydrogen-bond donors (Lipinski definition) is 1. The third kappa shape index (κ3) is 3.26. The number of nitrogens with one attached hydrogen (secondary N) is 1. The van der Waals surface area contributed by atoms with Crippen molar-refractivity contribution in [1.29, 1.82) is 0 Å². The van der Waals surface area contributed by atoms with E-state index in [4.69, 9.17) is 16.0 Å². The van der Waals surface area contributed by atoms with Crippen molar-refractivity contribution in [1.82, 2.24) is 0 Å². The van der Waals surface area contributed by atoms with Crippen molar-refractivity contribution in [2.45, 2.75) is 13.8 Å². The average molecular weight is 276 g/mol. The third-order valence-electron chi connectivity index (χ3n) is 2.65. The highest BCUT2D eigenvalue weighted by Crippen LogP contribution is 2.24. The van der Waals surface area contributed by atoms with E-state index in [0.29, 0.717) is 16.5 Å². The molecule has 2 rings (SSSR count). The van der Waals surface area contributed by atoms with Gasteiger partial charge in [0.05, 0.1) is 10.7 Å². The van der Waals surface area contributed by atoms with Gasteiger partial charge in [-0.2, -0.15) is 0 Å². The molecule has 3 nitrogen and oxygen atoms in total. The van der Waals surface area contributed by atoms with Gasteiger partial charge in [-0.3, -0.25) is 4.79 Å². The summed E-state index contributed by atoms with van der Waals surface area (Å²) in [4.78, 5) is 11.7. The van der Waals surface area contributed by atoms with Gasteiger partial charge in [-0.1, -0.05) is 23.7 Å². The van der Waals surface area contributed by atoms with Gasteiger partial charge in [-0.15, -0.1) is 0 Å². The second-order valence-corrected chi connectivity index (χ2v) is 4.57. The van der Waals surface area contributed by atoms with Gasteiger partial charge in [-0.25, -0.2) is 0 Å². The number of halogens is 1. The summed E-state index contributed by atoms with van der Waals surface area (Å²) in [6.45, 7) is 3.72. The maximum Gasteiger partial charge on any atom is 0.222 e. The normalized spacial score (nSPS) is 10.9. The Hall–Kier alpha value is -2.00. The molecule has 0 saturated heterocycles. The van der Waals surface area contributed by atoms with Crippen LogP contribution in [-0.4, -0.2) is 5.78 Å². The van der Waals surface area contributed by atoms with E-state index in [9.17, 15) is 4.79 Å². The minimum Gasteiger partial charge on any atom is -0.458 e. The number of ketones is 1. The van der Waals surface area contributed by atoms with Crippen LogP contribution in [0.25, 0.3) is 0 Å². The molecule has 0 saturated carbocycles. The Balaban J connectivity index is 2.04. The summed E-state index contributed by atoms with van der Waals surface area (Å²) in [6.07, 6.45) is 2.97. The summed E-state index contributed by atoms with van der Waals surface area (Å²) in [5.41, 5.74) is 1.74. The van der Waals surface area contributed by atoms with Gasteiger partial charge >= 0.3 is 0 Å². The van der Waals surface area contributed by atoms with E-state index in [0.717, 1.165) is 11.3 Å². The van der Waals surface area contributed by atoms with Gasteiger partial charge in [0.2, 0.25) is 5.78 Å². The number of benzene rings is 1. The quantitative estimate of drug-likeness (QED) is 0.666. The molecule has 1 aromatic carbocycles. The maximum atomic E-state index is 11.7. The molecule has 0 bridgehead atoms. The Morgan fingerprint density at radius 3 is 2.74 bits per heavy atom. The molecule has 98 valence electrons. The fraction of sp³-hybridized carbons (Fsp3) is 0.133. The molecule has 1 heterocycles.